The van der Waals surface area contributed by atoms with E-state index in [1.54, 1.807) is 4.68 Å². The van der Waals surface area contributed by atoms with Gasteiger partial charge in [0.2, 0.25) is 0 Å². The lowest BCUT2D eigenvalue weighted by Crippen LogP contribution is -2.31. The van der Waals surface area contributed by atoms with Crippen LogP contribution in [0.25, 0.3) is 5.69 Å². The highest BCUT2D eigenvalue weighted by Crippen LogP contribution is 2.39. The van der Waals surface area contributed by atoms with Crippen LogP contribution < -0.4 is 5.32 Å². The maximum atomic E-state index is 13.1. The maximum Gasteiger partial charge on any atom is 0.416 e. The number of anilines is 1. The van der Waals surface area contributed by atoms with E-state index in [-0.39, 0.29) is 10.7 Å². The van der Waals surface area contributed by atoms with Crippen molar-refractivity contribution < 1.29 is 13.2 Å². The number of rotatable bonds is 2. The van der Waals surface area contributed by atoms with Gasteiger partial charge >= 0.3 is 6.18 Å². The van der Waals surface area contributed by atoms with Gasteiger partial charge in [0.15, 0.2) is 0 Å². The molecule has 1 aromatic heterocycles. The van der Waals surface area contributed by atoms with Gasteiger partial charge in [0.05, 0.1) is 22.0 Å². The van der Waals surface area contributed by atoms with Crippen molar-refractivity contribution in [2.24, 2.45) is 0 Å². The van der Waals surface area contributed by atoms with E-state index in [0.717, 1.165) is 68.1 Å². The SMILES string of the molecule is CN1CCCC(c2nn(-c3cc(C(F)(F)F)ccc3Cl)c3c2CCN3)C1. The Labute approximate surface area is 154 Å². The fraction of sp³-hybridized carbons (Fsp3) is 0.500. The van der Waals surface area contributed by atoms with Crippen LogP contribution in [0.1, 0.15) is 35.6 Å². The fourth-order valence-electron chi connectivity index (χ4n) is 3.94. The molecule has 1 atom stereocenters. The second-order valence-electron chi connectivity index (χ2n) is 7.07. The number of benzene rings is 1. The summed E-state index contributed by atoms with van der Waals surface area (Å²) in [5.74, 6) is 1.07. The zero-order chi connectivity index (χ0) is 18.5. The lowest BCUT2D eigenvalue weighted by Gasteiger charge is -2.29. The standard InChI is InChI=1S/C18H20ClF3N4/c1-25-8-2-3-11(10-25)16-13-6-7-23-17(13)26(24-16)15-9-12(18(20,21)22)4-5-14(15)19/h4-5,9,11,23H,2-3,6-8,10H2,1H3. The summed E-state index contributed by atoms with van der Waals surface area (Å²) in [5.41, 5.74) is 1.64. The number of hydrogen-bond acceptors (Lipinski definition) is 3. The molecule has 0 amide bonds. The second-order valence-corrected chi connectivity index (χ2v) is 7.47. The van der Waals surface area contributed by atoms with Gasteiger partial charge in [-0.2, -0.15) is 18.3 Å². The smallest absolute Gasteiger partial charge is 0.369 e. The molecule has 140 valence electrons. The Hall–Kier alpha value is -1.73. The summed E-state index contributed by atoms with van der Waals surface area (Å²) in [6.07, 6.45) is -1.44. The maximum absolute atomic E-state index is 13.1. The largest absolute Gasteiger partial charge is 0.416 e. The van der Waals surface area contributed by atoms with Gasteiger partial charge in [0.1, 0.15) is 5.82 Å². The van der Waals surface area contributed by atoms with E-state index < -0.39 is 11.7 Å². The summed E-state index contributed by atoms with van der Waals surface area (Å²) in [4.78, 5) is 2.28. The number of hydrogen-bond donors (Lipinski definition) is 1. The molecule has 1 fully saturated rings. The fourth-order valence-corrected chi connectivity index (χ4v) is 4.14. The minimum Gasteiger partial charge on any atom is -0.369 e. The van der Waals surface area contributed by atoms with Gasteiger partial charge in [-0.25, -0.2) is 4.68 Å². The molecule has 1 unspecified atom stereocenters. The molecule has 8 heteroatoms. The van der Waals surface area contributed by atoms with Crippen LogP contribution in [0, 0.1) is 0 Å². The molecule has 2 aromatic rings. The summed E-state index contributed by atoms with van der Waals surface area (Å²) < 4.78 is 41.0. The molecule has 26 heavy (non-hydrogen) atoms. The molecule has 0 bridgehead atoms. The number of piperidine rings is 1. The normalized spacial score (nSPS) is 20.9. The minimum atomic E-state index is -4.42. The van der Waals surface area contributed by atoms with Crippen molar-refractivity contribution in [3.63, 3.8) is 0 Å². The Morgan fingerprint density at radius 3 is 2.85 bits per heavy atom. The van der Waals surface area contributed by atoms with E-state index in [4.69, 9.17) is 16.7 Å². The molecular formula is C18H20ClF3N4. The van der Waals surface area contributed by atoms with Crippen molar-refractivity contribution in [1.29, 1.82) is 0 Å². The molecule has 0 radical (unpaired) electrons. The molecule has 0 aliphatic carbocycles. The molecule has 2 aliphatic heterocycles. The number of likely N-dealkylation sites (N-methyl/N-ethyl adjacent to an activating group) is 1. The number of nitrogens with zero attached hydrogens (tertiary/aromatic N) is 3. The van der Waals surface area contributed by atoms with E-state index in [0.29, 0.717) is 5.92 Å². The molecule has 1 saturated heterocycles. The van der Waals surface area contributed by atoms with Crippen molar-refractivity contribution in [3.05, 3.63) is 40.0 Å². The van der Waals surface area contributed by atoms with E-state index in [1.165, 1.54) is 6.07 Å². The third-order valence-electron chi connectivity index (χ3n) is 5.19. The van der Waals surface area contributed by atoms with Crippen LogP contribution in [0.5, 0.6) is 0 Å². The minimum absolute atomic E-state index is 0.254. The van der Waals surface area contributed by atoms with Gasteiger partial charge in [-0.3, -0.25) is 0 Å². The highest BCUT2D eigenvalue weighted by atomic mass is 35.5. The van der Waals surface area contributed by atoms with Crippen LogP contribution in [0.3, 0.4) is 0 Å². The average Bonchev–Trinajstić information content (AvgIpc) is 3.16. The van der Waals surface area contributed by atoms with E-state index in [1.807, 2.05) is 0 Å². The highest BCUT2D eigenvalue weighted by molar-refractivity contribution is 6.32. The van der Waals surface area contributed by atoms with Gasteiger partial charge in [-0.15, -0.1) is 0 Å². The van der Waals surface area contributed by atoms with Gasteiger partial charge in [-0.05, 0) is 51.1 Å². The lowest BCUT2D eigenvalue weighted by molar-refractivity contribution is -0.137. The number of alkyl halides is 3. The zero-order valence-electron chi connectivity index (χ0n) is 14.4. The molecule has 2 aliphatic rings. The summed E-state index contributed by atoms with van der Waals surface area (Å²) in [7, 11) is 2.09. The Morgan fingerprint density at radius 1 is 1.31 bits per heavy atom. The first kappa shape index (κ1) is 17.7. The van der Waals surface area contributed by atoms with Crippen molar-refractivity contribution in [3.8, 4) is 5.69 Å². The molecular weight excluding hydrogens is 365 g/mol. The Balaban J connectivity index is 1.80. The third kappa shape index (κ3) is 3.07. The Morgan fingerprint density at radius 2 is 2.12 bits per heavy atom. The van der Waals surface area contributed by atoms with Crippen LogP contribution >= 0.6 is 11.6 Å². The van der Waals surface area contributed by atoms with Crippen LogP contribution in [0.4, 0.5) is 19.0 Å². The number of likely N-dealkylation sites (tertiary alicyclic amines) is 1. The molecule has 4 rings (SSSR count). The topological polar surface area (TPSA) is 33.1 Å². The summed E-state index contributed by atoms with van der Waals surface area (Å²) in [6.45, 7) is 2.75. The van der Waals surface area contributed by atoms with Gasteiger partial charge in [0.25, 0.3) is 0 Å². The summed E-state index contributed by atoms with van der Waals surface area (Å²) >= 11 is 6.24. The molecule has 0 spiro atoms. The molecule has 0 saturated carbocycles. The number of aromatic nitrogens is 2. The molecule has 3 heterocycles. The van der Waals surface area contributed by atoms with Crippen LogP contribution in [-0.4, -0.2) is 41.4 Å². The first-order chi connectivity index (χ1) is 12.3. The predicted molar refractivity (Wildman–Crippen MR) is 95.2 cm³/mol. The second kappa shape index (κ2) is 6.46. The third-order valence-corrected chi connectivity index (χ3v) is 5.51. The molecule has 1 N–H and O–H groups in total. The lowest BCUT2D eigenvalue weighted by atomic mass is 9.92. The number of fused-ring (bicyclic) bond motifs is 1. The number of halogens is 4. The van der Waals surface area contributed by atoms with E-state index >= 15 is 0 Å². The highest BCUT2D eigenvalue weighted by Gasteiger charge is 2.33. The van der Waals surface area contributed by atoms with Crippen LogP contribution in [-0.2, 0) is 12.6 Å². The predicted octanol–water partition coefficient (Wildman–Crippen LogP) is 4.32. The average molecular weight is 385 g/mol. The molecule has 1 aromatic carbocycles. The Bertz CT molecular complexity index is 831. The first-order valence-electron chi connectivity index (χ1n) is 8.76. The van der Waals surface area contributed by atoms with Crippen molar-refractivity contribution >= 4 is 17.4 Å². The summed E-state index contributed by atoms with van der Waals surface area (Å²) in [6, 6.07) is 3.36. The van der Waals surface area contributed by atoms with Crippen molar-refractivity contribution in [2.45, 2.75) is 31.4 Å². The van der Waals surface area contributed by atoms with E-state index in [9.17, 15) is 13.2 Å². The van der Waals surface area contributed by atoms with Gasteiger partial charge < -0.3 is 10.2 Å². The van der Waals surface area contributed by atoms with Crippen LogP contribution in [0.2, 0.25) is 5.02 Å². The monoisotopic (exact) mass is 384 g/mol. The van der Waals surface area contributed by atoms with Crippen LogP contribution in [0.15, 0.2) is 18.2 Å². The van der Waals surface area contributed by atoms with Crippen molar-refractivity contribution in [2.75, 3.05) is 32.0 Å². The van der Waals surface area contributed by atoms with E-state index in [2.05, 4.69) is 17.3 Å². The molecule has 4 nitrogen and oxygen atoms in total. The number of nitrogens with one attached hydrogen (secondary N) is 1. The van der Waals surface area contributed by atoms with Crippen molar-refractivity contribution in [1.82, 2.24) is 14.7 Å². The quantitative estimate of drug-likeness (QED) is 0.837. The van der Waals surface area contributed by atoms with Gasteiger partial charge in [0, 0.05) is 24.6 Å². The van der Waals surface area contributed by atoms with Gasteiger partial charge in [-0.1, -0.05) is 11.6 Å². The first-order valence-corrected chi connectivity index (χ1v) is 9.13. The Kier molecular flexibility index (Phi) is 4.39. The summed E-state index contributed by atoms with van der Waals surface area (Å²) in [5, 5.41) is 8.24. The zero-order valence-corrected chi connectivity index (χ0v) is 15.2.